The van der Waals surface area contributed by atoms with Crippen molar-refractivity contribution in [3.63, 3.8) is 0 Å². The van der Waals surface area contributed by atoms with E-state index in [1.165, 1.54) is 12.1 Å². The zero-order valence-electron chi connectivity index (χ0n) is 10.8. The molecule has 1 heterocycles. The number of anilines is 1. The summed E-state index contributed by atoms with van der Waals surface area (Å²) < 4.78 is 26.7. The Kier molecular flexibility index (Phi) is 4.67. The standard InChI is InChI=1S/C13H16N4O2S/c14-17-12-1-3-13(4-2-12)20(18,19)16-10-7-11-5-8-15-9-6-11/h1-6,8-9,16-17H,7,10,14H2. The van der Waals surface area contributed by atoms with Crippen LogP contribution in [0.5, 0.6) is 0 Å². The van der Waals surface area contributed by atoms with Crippen LogP contribution in [-0.2, 0) is 16.4 Å². The van der Waals surface area contributed by atoms with Crippen molar-refractivity contribution in [3.05, 3.63) is 54.4 Å². The number of nitrogens with two attached hydrogens (primary N) is 1. The van der Waals surface area contributed by atoms with Crippen molar-refractivity contribution in [2.45, 2.75) is 11.3 Å². The van der Waals surface area contributed by atoms with Gasteiger partial charge < -0.3 is 5.43 Å². The van der Waals surface area contributed by atoms with Crippen LogP contribution in [0.25, 0.3) is 0 Å². The van der Waals surface area contributed by atoms with Crippen molar-refractivity contribution < 1.29 is 8.42 Å². The first-order chi connectivity index (χ1) is 9.62. The van der Waals surface area contributed by atoms with E-state index in [0.29, 0.717) is 18.7 Å². The maximum atomic E-state index is 12.0. The van der Waals surface area contributed by atoms with Crippen LogP contribution in [0, 0.1) is 0 Å². The Bertz CT molecular complexity index is 642. The fourth-order valence-electron chi connectivity index (χ4n) is 1.69. The number of pyridine rings is 1. The molecule has 0 amide bonds. The number of hydrazine groups is 1. The molecule has 0 bridgehead atoms. The van der Waals surface area contributed by atoms with Crippen LogP contribution >= 0.6 is 0 Å². The van der Waals surface area contributed by atoms with Crippen molar-refractivity contribution >= 4 is 15.7 Å². The second kappa shape index (κ2) is 6.47. The van der Waals surface area contributed by atoms with Crippen LogP contribution in [-0.4, -0.2) is 19.9 Å². The van der Waals surface area contributed by atoms with Gasteiger partial charge in [0.2, 0.25) is 10.0 Å². The summed E-state index contributed by atoms with van der Waals surface area (Å²) in [6.07, 6.45) is 3.98. The smallest absolute Gasteiger partial charge is 0.240 e. The number of rotatable bonds is 6. The SMILES string of the molecule is NNc1ccc(S(=O)(=O)NCCc2ccncc2)cc1. The Morgan fingerprint density at radius 3 is 2.30 bits per heavy atom. The molecule has 0 aliphatic heterocycles. The minimum absolute atomic E-state index is 0.214. The van der Waals surface area contributed by atoms with Crippen LogP contribution in [0.15, 0.2) is 53.7 Å². The van der Waals surface area contributed by atoms with E-state index >= 15 is 0 Å². The first kappa shape index (κ1) is 14.4. The van der Waals surface area contributed by atoms with Gasteiger partial charge in [-0.05, 0) is 48.4 Å². The Labute approximate surface area is 118 Å². The molecule has 0 fully saturated rings. The molecular weight excluding hydrogens is 276 g/mol. The average molecular weight is 292 g/mol. The topological polar surface area (TPSA) is 97.1 Å². The molecule has 0 aliphatic carbocycles. The monoisotopic (exact) mass is 292 g/mol. The third kappa shape index (κ3) is 3.77. The van der Waals surface area contributed by atoms with Crippen molar-refractivity contribution in [1.29, 1.82) is 0 Å². The summed E-state index contributed by atoms with van der Waals surface area (Å²) in [5.41, 5.74) is 4.14. The van der Waals surface area contributed by atoms with Crippen molar-refractivity contribution in [2.24, 2.45) is 5.84 Å². The fraction of sp³-hybridized carbons (Fsp3) is 0.154. The molecule has 106 valence electrons. The minimum Gasteiger partial charge on any atom is -0.324 e. The molecule has 0 aliphatic rings. The largest absolute Gasteiger partial charge is 0.324 e. The van der Waals surface area contributed by atoms with Gasteiger partial charge in [-0.1, -0.05) is 0 Å². The predicted molar refractivity (Wildman–Crippen MR) is 77.4 cm³/mol. The Morgan fingerprint density at radius 2 is 1.70 bits per heavy atom. The highest BCUT2D eigenvalue weighted by atomic mass is 32.2. The van der Waals surface area contributed by atoms with Crippen LogP contribution in [0.3, 0.4) is 0 Å². The van der Waals surface area contributed by atoms with E-state index in [-0.39, 0.29) is 4.90 Å². The van der Waals surface area contributed by atoms with Crippen LogP contribution in [0.1, 0.15) is 5.56 Å². The minimum atomic E-state index is -3.49. The maximum Gasteiger partial charge on any atom is 0.240 e. The number of nitrogen functional groups attached to an aromatic ring is 1. The van der Waals surface area contributed by atoms with Gasteiger partial charge >= 0.3 is 0 Å². The van der Waals surface area contributed by atoms with Gasteiger partial charge in [0.25, 0.3) is 0 Å². The number of nitrogens with one attached hydrogen (secondary N) is 2. The molecular formula is C13H16N4O2S. The summed E-state index contributed by atoms with van der Waals surface area (Å²) in [6.45, 7) is 0.337. The molecule has 1 aromatic heterocycles. The van der Waals surface area contributed by atoms with Gasteiger partial charge in [-0.2, -0.15) is 0 Å². The Morgan fingerprint density at radius 1 is 1.05 bits per heavy atom. The van der Waals surface area contributed by atoms with Crippen LogP contribution < -0.4 is 16.0 Å². The van der Waals surface area contributed by atoms with Crippen molar-refractivity contribution in [1.82, 2.24) is 9.71 Å². The first-order valence-corrected chi connectivity index (χ1v) is 7.55. The summed E-state index contributed by atoms with van der Waals surface area (Å²) >= 11 is 0. The number of nitrogens with zero attached hydrogens (tertiary/aromatic N) is 1. The zero-order valence-corrected chi connectivity index (χ0v) is 11.6. The average Bonchev–Trinajstić information content (AvgIpc) is 2.48. The summed E-state index contributed by atoms with van der Waals surface area (Å²) in [5.74, 6) is 5.23. The van der Waals surface area contributed by atoms with E-state index in [1.54, 1.807) is 24.5 Å². The number of sulfonamides is 1. The molecule has 6 nitrogen and oxygen atoms in total. The molecule has 0 saturated carbocycles. The van der Waals surface area contributed by atoms with E-state index in [0.717, 1.165) is 5.56 Å². The lowest BCUT2D eigenvalue weighted by molar-refractivity contribution is 0.581. The second-order valence-electron chi connectivity index (χ2n) is 4.17. The van der Waals surface area contributed by atoms with Crippen molar-refractivity contribution in [2.75, 3.05) is 12.0 Å². The van der Waals surface area contributed by atoms with E-state index in [2.05, 4.69) is 15.1 Å². The van der Waals surface area contributed by atoms with E-state index in [1.807, 2.05) is 12.1 Å². The molecule has 0 atom stereocenters. The third-order valence-corrected chi connectivity index (χ3v) is 4.26. The highest BCUT2D eigenvalue weighted by molar-refractivity contribution is 7.89. The molecule has 0 saturated heterocycles. The first-order valence-electron chi connectivity index (χ1n) is 6.07. The van der Waals surface area contributed by atoms with E-state index in [4.69, 9.17) is 5.84 Å². The highest BCUT2D eigenvalue weighted by Gasteiger charge is 2.12. The van der Waals surface area contributed by atoms with E-state index in [9.17, 15) is 8.42 Å². The maximum absolute atomic E-state index is 12.0. The molecule has 20 heavy (non-hydrogen) atoms. The van der Waals surface area contributed by atoms with Crippen molar-refractivity contribution in [3.8, 4) is 0 Å². The van der Waals surface area contributed by atoms with Gasteiger partial charge in [-0.25, -0.2) is 13.1 Å². The number of benzene rings is 1. The number of aromatic nitrogens is 1. The lowest BCUT2D eigenvalue weighted by Crippen LogP contribution is -2.26. The summed E-state index contributed by atoms with van der Waals surface area (Å²) in [5, 5.41) is 0. The van der Waals surface area contributed by atoms with Gasteiger partial charge in [0.1, 0.15) is 0 Å². The fourth-order valence-corrected chi connectivity index (χ4v) is 2.72. The van der Waals surface area contributed by atoms with Gasteiger partial charge in [-0.15, -0.1) is 0 Å². The lowest BCUT2D eigenvalue weighted by atomic mass is 10.2. The van der Waals surface area contributed by atoms with Gasteiger partial charge in [-0.3, -0.25) is 10.8 Å². The zero-order chi connectivity index (χ0) is 14.4. The van der Waals surface area contributed by atoms with Crippen LogP contribution in [0.2, 0.25) is 0 Å². The highest BCUT2D eigenvalue weighted by Crippen LogP contribution is 2.12. The van der Waals surface area contributed by atoms with Gasteiger partial charge in [0.15, 0.2) is 0 Å². The lowest BCUT2D eigenvalue weighted by Gasteiger charge is -2.07. The third-order valence-electron chi connectivity index (χ3n) is 2.79. The van der Waals surface area contributed by atoms with E-state index < -0.39 is 10.0 Å². The summed E-state index contributed by atoms with van der Waals surface area (Å²) in [6, 6.07) is 9.94. The number of hydrogen-bond donors (Lipinski definition) is 3. The van der Waals surface area contributed by atoms with Crippen LogP contribution in [0.4, 0.5) is 5.69 Å². The number of hydrogen-bond acceptors (Lipinski definition) is 5. The molecule has 1 aromatic carbocycles. The molecule has 0 spiro atoms. The second-order valence-corrected chi connectivity index (χ2v) is 5.94. The normalized spacial score (nSPS) is 11.2. The molecule has 2 aromatic rings. The summed E-state index contributed by atoms with van der Waals surface area (Å²) in [7, 11) is -3.49. The summed E-state index contributed by atoms with van der Waals surface area (Å²) in [4.78, 5) is 4.13. The molecule has 4 N–H and O–H groups in total. The molecule has 0 unspecified atom stereocenters. The van der Waals surface area contributed by atoms with Gasteiger partial charge in [0.05, 0.1) is 4.90 Å². The van der Waals surface area contributed by atoms with Gasteiger partial charge in [0, 0.05) is 24.6 Å². The molecule has 7 heteroatoms. The Balaban J connectivity index is 1.96. The molecule has 2 rings (SSSR count). The quantitative estimate of drug-likeness (QED) is 0.542. The predicted octanol–water partition coefficient (Wildman–Crippen LogP) is 0.888. The Hall–Kier alpha value is -1.96. The molecule has 0 radical (unpaired) electrons.